The third kappa shape index (κ3) is 3.38. The maximum Gasteiger partial charge on any atom is 0.417 e. The van der Waals surface area contributed by atoms with Crippen LogP contribution < -0.4 is 10.2 Å². The predicted molar refractivity (Wildman–Crippen MR) is 110 cm³/mol. The Kier molecular flexibility index (Phi) is 5.47. The number of aromatic nitrogens is 2. The fraction of sp³-hybridized carbons (Fsp3) is 0.391. The van der Waals surface area contributed by atoms with Crippen LogP contribution in [-0.4, -0.2) is 28.4 Å². The summed E-state index contributed by atoms with van der Waals surface area (Å²) in [6.07, 6.45) is -3.25. The molecule has 0 unspecified atom stereocenters. The summed E-state index contributed by atoms with van der Waals surface area (Å²) in [5, 5.41) is 0.287. The van der Waals surface area contributed by atoms with Gasteiger partial charge < -0.3 is 14.0 Å². The van der Waals surface area contributed by atoms with Crippen molar-refractivity contribution in [2.45, 2.75) is 37.6 Å². The van der Waals surface area contributed by atoms with Gasteiger partial charge in [-0.2, -0.15) is 17.6 Å². The number of nitrogens with zero attached hydrogens (tertiary/aromatic N) is 2. The molecule has 0 saturated carbocycles. The molecular formula is C23H21F5N2O3. The Hall–Kier alpha value is -3.01. The van der Waals surface area contributed by atoms with E-state index in [1.54, 1.807) is 17.7 Å². The van der Waals surface area contributed by atoms with Crippen LogP contribution >= 0.6 is 0 Å². The first kappa shape index (κ1) is 23.2. The van der Waals surface area contributed by atoms with Gasteiger partial charge in [-0.05, 0) is 19.1 Å². The van der Waals surface area contributed by atoms with Gasteiger partial charge in [0.15, 0.2) is 22.6 Å². The van der Waals surface area contributed by atoms with E-state index in [1.165, 1.54) is 31.5 Å². The van der Waals surface area contributed by atoms with Crippen LogP contribution in [0.15, 0.2) is 41.5 Å². The van der Waals surface area contributed by atoms with Crippen LogP contribution in [0.3, 0.4) is 0 Å². The summed E-state index contributed by atoms with van der Waals surface area (Å²) in [6.45, 7) is 2.25. The van der Waals surface area contributed by atoms with E-state index < -0.39 is 52.5 Å². The smallest absolute Gasteiger partial charge is 0.417 e. The molecule has 3 aromatic rings. The Morgan fingerprint density at radius 1 is 1.21 bits per heavy atom. The number of fused-ring (bicyclic) bond motifs is 1. The molecule has 33 heavy (non-hydrogen) atoms. The highest BCUT2D eigenvalue weighted by molar-refractivity contribution is 5.78. The van der Waals surface area contributed by atoms with E-state index >= 15 is 0 Å². The number of halogens is 5. The summed E-state index contributed by atoms with van der Waals surface area (Å²) in [7, 11) is 2.70. The molecule has 2 aromatic heterocycles. The molecule has 5 nitrogen and oxygen atoms in total. The SMILES string of the molecule is COc1c([C@H]2[C@H](c3cc(=O)c4cnccc4n3C)O[C@@](C)(C(F)(F)F)[C@H]2C)ccc(F)c1F. The van der Waals surface area contributed by atoms with Gasteiger partial charge in [0.1, 0.15) is 6.10 Å². The highest BCUT2D eigenvalue weighted by Gasteiger charge is 2.65. The molecular weight excluding hydrogens is 447 g/mol. The summed E-state index contributed by atoms with van der Waals surface area (Å²) < 4.78 is 83.2. The van der Waals surface area contributed by atoms with Crippen molar-refractivity contribution in [3.63, 3.8) is 0 Å². The van der Waals surface area contributed by atoms with Gasteiger partial charge in [0.2, 0.25) is 5.82 Å². The summed E-state index contributed by atoms with van der Waals surface area (Å²) in [6, 6.07) is 4.79. The lowest BCUT2D eigenvalue weighted by Crippen LogP contribution is -2.46. The van der Waals surface area contributed by atoms with Gasteiger partial charge in [0.25, 0.3) is 0 Å². The zero-order valence-corrected chi connectivity index (χ0v) is 18.2. The van der Waals surface area contributed by atoms with Crippen LogP contribution in [0, 0.1) is 17.6 Å². The maximum absolute atomic E-state index is 14.5. The Morgan fingerprint density at radius 3 is 2.55 bits per heavy atom. The molecule has 1 fully saturated rings. The molecule has 1 aliphatic rings. The minimum absolute atomic E-state index is 0.0177. The van der Waals surface area contributed by atoms with Gasteiger partial charge in [-0.15, -0.1) is 0 Å². The normalized spacial score (nSPS) is 25.5. The number of hydrogen-bond donors (Lipinski definition) is 0. The van der Waals surface area contributed by atoms with Gasteiger partial charge in [-0.25, -0.2) is 4.39 Å². The summed E-state index contributed by atoms with van der Waals surface area (Å²) in [5.41, 5.74) is -2.44. The van der Waals surface area contributed by atoms with E-state index in [4.69, 9.17) is 9.47 Å². The van der Waals surface area contributed by atoms with E-state index in [2.05, 4.69) is 4.98 Å². The molecule has 3 heterocycles. The second-order valence-electron chi connectivity index (χ2n) is 8.33. The molecule has 0 radical (unpaired) electrons. The molecule has 176 valence electrons. The van der Waals surface area contributed by atoms with E-state index in [1.807, 2.05) is 0 Å². The van der Waals surface area contributed by atoms with Crippen molar-refractivity contribution in [1.29, 1.82) is 0 Å². The van der Waals surface area contributed by atoms with Crippen molar-refractivity contribution in [3.8, 4) is 5.75 Å². The van der Waals surface area contributed by atoms with Crippen molar-refractivity contribution in [3.05, 3.63) is 69.8 Å². The average Bonchev–Trinajstić information content (AvgIpc) is 3.04. The molecule has 4 rings (SSSR count). The standard InChI is InChI=1S/C23H21F5N2O3/c1-11-18(12-5-6-14(24)19(25)20(12)32-4)21(33-22(11,2)23(26,27)28)16-9-17(31)13-10-29-8-7-15(13)30(16)3/h5-11,18,21H,1-4H3/t11-,18-,21-,22+/m0/s1. The van der Waals surface area contributed by atoms with E-state index in [0.717, 1.165) is 20.1 Å². The summed E-state index contributed by atoms with van der Waals surface area (Å²) in [4.78, 5) is 16.7. The molecule has 10 heteroatoms. The second-order valence-corrected chi connectivity index (χ2v) is 8.33. The molecule has 0 N–H and O–H groups in total. The lowest BCUT2D eigenvalue weighted by atomic mass is 9.76. The van der Waals surface area contributed by atoms with Crippen molar-refractivity contribution < 1.29 is 31.4 Å². The Balaban J connectivity index is 2.01. The van der Waals surface area contributed by atoms with E-state index in [-0.39, 0.29) is 16.6 Å². The predicted octanol–water partition coefficient (Wildman–Crippen LogP) is 5.03. The van der Waals surface area contributed by atoms with Crippen LogP contribution in [0.4, 0.5) is 22.0 Å². The number of methoxy groups -OCH3 is 1. The largest absolute Gasteiger partial charge is 0.493 e. The fourth-order valence-corrected chi connectivity index (χ4v) is 4.66. The molecule has 0 amide bonds. The number of rotatable bonds is 3. The highest BCUT2D eigenvalue weighted by Crippen LogP contribution is 2.59. The van der Waals surface area contributed by atoms with E-state index in [0.29, 0.717) is 5.52 Å². The molecule has 1 saturated heterocycles. The van der Waals surface area contributed by atoms with Crippen molar-refractivity contribution in [1.82, 2.24) is 9.55 Å². The summed E-state index contributed by atoms with van der Waals surface area (Å²) >= 11 is 0. The zero-order chi connectivity index (χ0) is 24.3. The lowest BCUT2D eigenvalue weighted by Gasteiger charge is -2.32. The molecule has 0 aliphatic carbocycles. The summed E-state index contributed by atoms with van der Waals surface area (Å²) in [5.74, 6) is -5.33. The maximum atomic E-state index is 14.5. The van der Waals surface area contributed by atoms with Crippen LogP contribution in [0.5, 0.6) is 5.75 Å². The third-order valence-corrected chi connectivity index (χ3v) is 6.69. The minimum atomic E-state index is -4.77. The number of hydrogen-bond acceptors (Lipinski definition) is 4. The third-order valence-electron chi connectivity index (χ3n) is 6.69. The highest BCUT2D eigenvalue weighted by atomic mass is 19.4. The second kappa shape index (κ2) is 7.79. The number of alkyl halides is 3. The van der Waals surface area contributed by atoms with Gasteiger partial charge >= 0.3 is 6.18 Å². The van der Waals surface area contributed by atoms with Gasteiger partial charge in [-0.1, -0.05) is 13.0 Å². The molecule has 4 atom stereocenters. The van der Waals surface area contributed by atoms with Crippen molar-refractivity contribution >= 4 is 10.9 Å². The Morgan fingerprint density at radius 2 is 1.91 bits per heavy atom. The van der Waals surface area contributed by atoms with Crippen LogP contribution in [0.25, 0.3) is 10.9 Å². The number of pyridine rings is 2. The average molecular weight is 468 g/mol. The van der Waals surface area contributed by atoms with E-state index in [9.17, 15) is 26.7 Å². The number of ether oxygens (including phenoxy) is 2. The van der Waals surface area contributed by atoms with Gasteiger partial charge in [0.05, 0.1) is 23.7 Å². The van der Waals surface area contributed by atoms with Crippen molar-refractivity contribution in [2.75, 3.05) is 7.11 Å². The fourth-order valence-electron chi connectivity index (χ4n) is 4.66. The molecule has 1 aromatic carbocycles. The first-order valence-corrected chi connectivity index (χ1v) is 10.1. The Labute approximate surface area is 185 Å². The molecule has 0 bridgehead atoms. The zero-order valence-electron chi connectivity index (χ0n) is 18.2. The van der Waals surface area contributed by atoms with Crippen LogP contribution in [-0.2, 0) is 11.8 Å². The number of benzene rings is 1. The Bertz CT molecular complexity index is 1290. The van der Waals surface area contributed by atoms with Gasteiger partial charge in [0, 0.05) is 42.9 Å². The minimum Gasteiger partial charge on any atom is -0.493 e. The topological polar surface area (TPSA) is 53.3 Å². The van der Waals surface area contributed by atoms with Gasteiger partial charge in [-0.3, -0.25) is 9.78 Å². The number of aryl methyl sites for hydroxylation is 1. The quantitative estimate of drug-likeness (QED) is 0.506. The monoisotopic (exact) mass is 468 g/mol. The molecule has 1 aliphatic heterocycles. The van der Waals surface area contributed by atoms with Crippen LogP contribution in [0.2, 0.25) is 0 Å². The van der Waals surface area contributed by atoms with Crippen LogP contribution in [0.1, 0.15) is 37.1 Å². The lowest BCUT2D eigenvalue weighted by molar-refractivity contribution is -0.275. The molecule has 0 spiro atoms. The van der Waals surface area contributed by atoms with Crippen molar-refractivity contribution in [2.24, 2.45) is 13.0 Å². The first-order chi connectivity index (χ1) is 15.4. The first-order valence-electron chi connectivity index (χ1n) is 10.1.